The van der Waals surface area contributed by atoms with Crippen molar-refractivity contribution in [2.45, 2.75) is 38.6 Å². The molecule has 1 fully saturated rings. The van der Waals surface area contributed by atoms with Gasteiger partial charge in [0.05, 0.1) is 24.3 Å². The van der Waals surface area contributed by atoms with E-state index < -0.39 is 10.1 Å². The number of halogens is 1. The van der Waals surface area contributed by atoms with E-state index in [-0.39, 0.29) is 23.8 Å². The number of aromatic nitrogens is 5. The summed E-state index contributed by atoms with van der Waals surface area (Å²) < 4.78 is 45.5. The van der Waals surface area contributed by atoms with E-state index in [9.17, 15) is 12.8 Å². The molecular weight excluding hydrogens is 469 g/mol. The highest BCUT2D eigenvalue weighted by molar-refractivity contribution is 7.85. The molecule has 0 bridgehead atoms. The standard InChI is InChI=1S/C25H26FN5O3S/c1-35(32,33)34-14-17-8-10-25(11-9-17)12-22-29-23(18-2-5-20(26)6-3-18)24(30(22)15-25)19-4-7-21-27-16-28-31(21)13-19/h2-7,13,16-17H,8-12,14-15H2,1H3. The summed E-state index contributed by atoms with van der Waals surface area (Å²) in [5, 5.41) is 4.29. The van der Waals surface area contributed by atoms with Crippen LogP contribution in [0.15, 0.2) is 48.9 Å². The van der Waals surface area contributed by atoms with Gasteiger partial charge in [-0.25, -0.2) is 18.9 Å². The number of hydrogen-bond donors (Lipinski definition) is 0. The van der Waals surface area contributed by atoms with Gasteiger partial charge < -0.3 is 4.57 Å². The average Bonchev–Trinajstić information content (AvgIpc) is 3.51. The van der Waals surface area contributed by atoms with Gasteiger partial charge >= 0.3 is 0 Å². The Kier molecular flexibility index (Phi) is 5.26. The molecule has 4 aromatic rings. The van der Waals surface area contributed by atoms with E-state index in [1.54, 1.807) is 16.6 Å². The lowest BCUT2D eigenvalue weighted by molar-refractivity contribution is 0.117. The Morgan fingerprint density at radius 1 is 1.11 bits per heavy atom. The van der Waals surface area contributed by atoms with Crippen LogP contribution in [0.4, 0.5) is 4.39 Å². The number of pyridine rings is 1. The highest BCUT2D eigenvalue weighted by Crippen LogP contribution is 2.49. The predicted molar refractivity (Wildman–Crippen MR) is 128 cm³/mol. The van der Waals surface area contributed by atoms with Crippen molar-refractivity contribution in [2.24, 2.45) is 11.3 Å². The molecule has 0 saturated heterocycles. The maximum atomic E-state index is 13.6. The zero-order chi connectivity index (χ0) is 24.2. The van der Waals surface area contributed by atoms with Gasteiger partial charge in [0, 0.05) is 30.3 Å². The lowest BCUT2D eigenvalue weighted by Gasteiger charge is -2.36. The number of rotatable bonds is 5. The number of benzene rings is 1. The van der Waals surface area contributed by atoms with Crippen LogP contribution in [0.25, 0.3) is 28.2 Å². The minimum atomic E-state index is -3.42. The largest absolute Gasteiger partial charge is 0.327 e. The van der Waals surface area contributed by atoms with Crippen LogP contribution >= 0.6 is 0 Å². The van der Waals surface area contributed by atoms with Crippen LogP contribution in [0, 0.1) is 17.2 Å². The third kappa shape index (κ3) is 4.25. The fourth-order valence-corrected chi connectivity index (χ4v) is 6.04. The number of nitrogens with zero attached hydrogens (tertiary/aromatic N) is 5. The highest BCUT2D eigenvalue weighted by atomic mass is 32.2. The van der Waals surface area contributed by atoms with Gasteiger partial charge in [-0.15, -0.1) is 0 Å². The second kappa shape index (κ2) is 8.23. The summed E-state index contributed by atoms with van der Waals surface area (Å²) in [4.78, 5) is 9.31. The Morgan fingerprint density at radius 3 is 2.60 bits per heavy atom. The smallest absolute Gasteiger partial charge is 0.264 e. The van der Waals surface area contributed by atoms with Crippen LogP contribution in [0.5, 0.6) is 0 Å². The Balaban J connectivity index is 1.33. The Morgan fingerprint density at radius 2 is 1.86 bits per heavy atom. The van der Waals surface area contributed by atoms with Crippen LogP contribution in [-0.2, 0) is 27.3 Å². The van der Waals surface area contributed by atoms with Gasteiger partial charge in [0.25, 0.3) is 10.1 Å². The van der Waals surface area contributed by atoms with Gasteiger partial charge in [-0.05, 0) is 73.4 Å². The third-order valence-corrected chi connectivity index (χ3v) is 7.99. The quantitative estimate of drug-likeness (QED) is 0.387. The van der Waals surface area contributed by atoms with E-state index in [0.717, 1.165) is 78.9 Å². The SMILES string of the molecule is CS(=O)(=O)OCC1CCC2(CC1)Cc1nc(-c3ccc(F)cc3)c(-c3ccc4ncnn4c3)n1C2. The fraction of sp³-hybridized carbons (Fsp3) is 0.400. The first kappa shape index (κ1) is 22.4. The second-order valence-electron chi connectivity index (χ2n) is 9.91. The zero-order valence-electron chi connectivity index (χ0n) is 19.4. The predicted octanol–water partition coefficient (Wildman–Crippen LogP) is 4.11. The molecule has 1 saturated carbocycles. The number of imidazole rings is 1. The van der Waals surface area contributed by atoms with Crippen LogP contribution in [0.3, 0.4) is 0 Å². The van der Waals surface area contributed by atoms with Crippen molar-refractivity contribution >= 4 is 15.8 Å². The number of hydrogen-bond acceptors (Lipinski definition) is 6. The number of fused-ring (bicyclic) bond motifs is 2. The molecule has 0 radical (unpaired) electrons. The monoisotopic (exact) mass is 495 g/mol. The van der Waals surface area contributed by atoms with E-state index in [4.69, 9.17) is 9.17 Å². The van der Waals surface area contributed by atoms with E-state index >= 15 is 0 Å². The molecule has 1 spiro atoms. The topological polar surface area (TPSA) is 91.4 Å². The molecule has 1 aliphatic carbocycles. The Hall–Kier alpha value is -3.11. The maximum absolute atomic E-state index is 13.6. The summed E-state index contributed by atoms with van der Waals surface area (Å²) in [6.45, 7) is 1.11. The van der Waals surface area contributed by atoms with Crippen LogP contribution < -0.4 is 0 Å². The van der Waals surface area contributed by atoms with Gasteiger partial charge in [0.15, 0.2) is 5.65 Å². The first-order valence-corrected chi connectivity index (χ1v) is 13.6. The van der Waals surface area contributed by atoms with Gasteiger partial charge in [-0.1, -0.05) is 0 Å². The summed E-state index contributed by atoms with van der Waals surface area (Å²) >= 11 is 0. The van der Waals surface area contributed by atoms with Crippen molar-refractivity contribution in [1.82, 2.24) is 24.1 Å². The first-order chi connectivity index (χ1) is 16.8. The Bertz CT molecular complexity index is 1500. The summed E-state index contributed by atoms with van der Waals surface area (Å²) in [5.74, 6) is 1.01. The molecule has 1 aliphatic heterocycles. The molecular formula is C25H26FN5O3S. The molecule has 0 N–H and O–H groups in total. The zero-order valence-corrected chi connectivity index (χ0v) is 20.2. The van der Waals surface area contributed by atoms with Crippen molar-refractivity contribution in [3.05, 3.63) is 60.6 Å². The van der Waals surface area contributed by atoms with Crippen molar-refractivity contribution in [3.8, 4) is 22.5 Å². The van der Waals surface area contributed by atoms with Gasteiger partial charge in [-0.3, -0.25) is 4.18 Å². The summed E-state index contributed by atoms with van der Waals surface area (Å²) in [6, 6.07) is 10.4. The lowest BCUT2D eigenvalue weighted by atomic mass is 9.70. The van der Waals surface area contributed by atoms with Gasteiger partial charge in [-0.2, -0.15) is 13.5 Å². The molecule has 35 heavy (non-hydrogen) atoms. The third-order valence-electron chi connectivity index (χ3n) is 7.42. The minimum Gasteiger partial charge on any atom is -0.327 e. The molecule has 10 heteroatoms. The van der Waals surface area contributed by atoms with Gasteiger partial charge in [0.1, 0.15) is 18.0 Å². The minimum absolute atomic E-state index is 0.108. The molecule has 0 unspecified atom stereocenters. The first-order valence-electron chi connectivity index (χ1n) is 11.8. The van der Waals surface area contributed by atoms with E-state index in [2.05, 4.69) is 14.6 Å². The van der Waals surface area contributed by atoms with Gasteiger partial charge in [0.2, 0.25) is 0 Å². The summed E-state index contributed by atoms with van der Waals surface area (Å²) in [6.07, 6.45) is 9.34. The fourth-order valence-electron chi connectivity index (χ4n) is 5.60. The van der Waals surface area contributed by atoms with Crippen LogP contribution in [0.2, 0.25) is 0 Å². The lowest BCUT2D eigenvalue weighted by Crippen LogP contribution is -2.31. The molecule has 3 aromatic heterocycles. The van der Waals surface area contributed by atoms with Crippen molar-refractivity contribution in [1.29, 1.82) is 0 Å². The van der Waals surface area contributed by atoms with Crippen LogP contribution in [-0.4, -0.2) is 45.4 Å². The maximum Gasteiger partial charge on any atom is 0.264 e. The molecule has 1 aromatic carbocycles. The average molecular weight is 496 g/mol. The summed E-state index contributed by atoms with van der Waals surface area (Å²) in [7, 11) is -3.42. The molecule has 0 atom stereocenters. The Labute approximate surface area is 202 Å². The molecule has 2 aliphatic rings. The van der Waals surface area contributed by atoms with Crippen molar-refractivity contribution < 1.29 is 17.0 Å². The molecule has 4 heterocycles. The van der Waals surface area contributed by atoms with Crippen molar-refractivity contribution in [3.63, 3.8) is 0 Å². The van der Waals surface area contributed by atoms with Crippen LogP contribution in [0.1, 0.15) is 31.5 Å². The van der Waals surface area contributed by atoms with E-state index in [1.165, 1.54) is 18.5 Å². The summed E-state index contributed by atoms with van der Waals surface area (Å²) in [5.41, 5.74) is 4.57. The molecule has 182 valence electrons. The highest BCUT2D eigenvalue weighted by Gasteiger charge is 2.43. The van der Waals surface area contributed by atoms with E-state index in [1.807, 2.05) is 18.3 Å². The second-order valence-corrected chi connectivity index (χ2v) is 11.6. The molecule has 6 rings (SSSR count). The van der Waals surface area contributed by atoms with E-state index in [0.29, 0.717) is 0 Å². The normalized spacial score (nSPS) is 22.2. The van der Waals surface area contributed by atoms with Crippen molar-refractivity contribution in [2.75, 3.05) is 12.9 Å². The molecule has 0 amide bonds. The molecule has 8 nitrogen and oxygen atoms in total.